The number of hydrazine groups is 1. The molecule has 164 valence electrons. The van der Waals surface area contributed by atoms with Crippen LogP contribution in [0.15, 0.2) is 42.6 Å². The molecule has 3 rings (SSSR count). The Morgan fingerprint density at radius 2 is 1.87 bits per heavy atom. The van der Waals surface area contributed by atoms with Gasteiger partial charge >= 0.3 is 6.18 Å². The number of hydrogen-bond acceptors (Lipinski definition) is 5. The zero-order chi connectivity index (χ0) is 22.6. The summed E-state index contributed by atoms with van der Waals surface area (Å²) in [5.41, 5.74) is 2.83. The van der Waals surface area contributed by atoms with Gasteiger partial charge in [0.15, 0.2) is 0 Å². The van der Waals surface area contributed by atoms with Crippen molar-refractivity contribution in [2.24, 2.45) is 5.41 Å². The maximum atomic E-state index is 12.7. The van der Waals surface area contributed by atoms with Crippen LogP contribution in [0.3, 0.4) is 0 Å². The average molecular weight is 435 g/mol. The smallest absolute Gasteiger partial charge is 0.355 e. The van der Waals surface area contributed by atoms with Crippen molar-refractivity contribution in [3.05, 3.63) is 53.7 Å². The first kappa shape index (κ1) is 22.1. The van der Waals surface area contributed by atoms with Crippen LogP contribution in [0.2, 0.25) is 0 Å². The van der Waals surface area contributed by atoms with Crippen molar-refractivity contribution in [1.82, 2.24) is 21.2 Å². The summed E-state index contributed by atoms with van der Waals surface area (Å²) < 4.78 is 38.1. The van der Waals surface area contributed by atoms with Gasteiger partial charge in [0.1, 0.15) is 11.2 Å². The molecule has 1 saturated heterocycles. The van der Waals surface area contributed by atoms with E-state index in [2.05, 4.69) is 26.5 Å². The van der Waals surface area contributed by atoms with Gasteiger partial charge in [0, 0.05) is 18.4 Å². The molecule has 4 N–H and O–H groups in total. The van der Waals surface area contributed by atoms with E-state index in [1.807, 2.05) is 0 Å². The van der Waals surface area contributed by atoms with Crippen LogP contribution in [0.4, 0.5) is 24.7 Å². The summed E-state index contributed by atoms with van der Waals surface area (Å²) in [6.07, 6.45) is -2.47. The van der Waals surface area contributed by atoms with E-state index in [9.17, 15) is 27.6 Å². The largest absolute Gasteiger partial charge is 0.416 e. The molecule has 2 heterocycles. The Bertz CT molecular complexity index is 994. The molecular formula is C20H20F3N5O3. The maximum Gasteiger partial charge on any atom is 0.416 e. The van der Waals surface area contributed by atoms with Crippen molar-refractivity contribution in [1.29, 1.82) is 0 Å². The number of alkyl halides is 3. The fourth-order valence-corrected chi connectivity index (χ4v) is 3.25. The Hall–Kier alpha value is -3.63. The molecule has 11 heteroatoms. The summed E-state index contributed by atoms with van der Waals surface area (Å²) in [6.45, 7) is 2.08. The number of anilines is 2. The number of nitrogens with zero attached hydrogens (tertiary/aromatic N) is 1. The van der Waals surface area contributed by atoms with Crippen molar-refractivity contribution in [3.63, 3.8) is 0 Å². The van der Waals surface area contributed by atoms with Gasteiger partial charge in [0.05, 0.1) is 11.1 Å². The molecular weight excluding hydrogens is 415 g/mol. The second-order valence-corrected chi connectivity index (χ2v) is 6.95. The number of rotatable bonds is 5. The monoisotopic (exact) mass is 435 g/mol. The van der Waals surface area contributed by atoms with Crippen molar-refractivity contribution >= 4 is 29.2 Å². The van der Waals surface area contributed by atoms with Crippen LogP contribution < -0.4 is 21.5 Å². The molecule has 0 spiro atoms. The van der Waals surface area contributed by atoms with Gasteiger partial charge in [-0.1, -0.05) is 6.92 Å². The van der Waals surface area contributed by atoms with Crippen LogP contribution in [0.5, 0.6) is 0 Å². The van der Waals surface area contributed by atoms with Gasteiger partial charge in [-0.15, -0.1) is 0 Å². The lowest BCUT2D eigenvalue weighted by Crippen LogP contribution is -2.52. The lowest BCUT2D eigenvalue weighted by Gasteiger charge is -2.23. The fraction of sp³-hybridized carbons (Fsp3) is 0.300. The number of hydrogen-bond donors (Lipinski definition) is 4. The fourth-order valence-electron chi connectivity index (χ4n) is 3.25. The van der Waals surface area contributed by atoms with Crippen LogP contribution in [-0.4, -0.2) is 29.3 Å². The number of pyridine rings is 1. The Morgan fingerprint density at radius 1 is 1.16 bits per heavy atom. The Morgan fingerprint density at radius 3 is 2.45 bits per heavy atom. The second-order valence-electron chi connectivity index (χ2n) is 6.95. The number of aromatic nitrogens is 1. The molecule has 0 saturated carbocycles. The SMILES string of the molecule is CCC1(C(=O)NNC(=O)c2cccnc2Nc2ccc(C(F)(F)F)cc2)CCNC1=O. The van der Waals surface area contributed by atoms with Gasteiger partial charge in [-0.2, -0.15) is 13.2 Å². The van der Waals surface area contributed by atoms with Crippen LogP contribution in [-0.2, 0) is 15.8 Å². The average Bonchev–Trinajstić information content (AvgIpc) is 3.13. The molecule has 1 atom stereocenters. The van der Waals surface area contributed by atoms with E-state index in [-0.39, 0.29) is 23.5 Å². The van der Waals surface area contributed by atoms with Crippen molar-refractivity contribution in [2.75, 3.05) is 11.9 Å². The van der Waals surface area contributed by atoms with E-state index in [1.165, 1.54) is 30.5 Å². The van der Waals surface area contributed by atoms with E-state index >= 15 is 0 Å². The summed E-state index contributed by atoms with van der Waals surface area (Å²) in [5, 5.41) is 5.39. The molecule has 1 fully saturated rings. The molecule has 0 bridgehead atoms. The second kappa shape index (κ2) is 8.62. The van der Waals surface area contributed by atoms with Gasteiger partial charge in [-0.3, -0.25) is 25.2 Å². The molecule has 1 unspecified atom stereocenters. The Kier molecular flexibility index (Phi) is 6.14. The molecule has 1 aliphatic rings. The number of carbonyl (C=O) groups excluding carboxylic acids is 3. The zero-order valence-corrected chi connectivity index (χ0v) is 16.5. The molecule has 1 aliphatic heterocycles. The summed E-state index contributed by atoms with van der Waals surface area (Å²) in [4.78, 5) is 41.2. The quantitative estimate of drug-likeness (QED) is 0.426. The number of benzene rings is 1. The highest BCUT2D eigenvalue weighted by Gasteiger charge is 2.47. The highest BCUT2D eigenvalue weighted by Crippen LogP contribution is 2.31. The Labute approximate surface area is 175 Å². The zero-order valence-electron chi connectivity index (χ0n) is 16.5. The van der Waals surface area contributed by atoms with Crippen LogP contribution in [0, 0.1) is 5.41 Å². The predicted molar refractivity (Wildman–Crippen MR) is 105 cm³/mol. The van der Waals surface area contributed by atoms with E-state index in [1.54, 1.807) is 6.92 Å². The molecule has 1 aromatic heterocycles. The molecule has 2 aromatic rings. The number of amides is 3. The maximum absolute atomic E-state index is 12.7. The Balaban J connectivity index is 1.70. The summed E-state index contributed by atoms with van der Waals surface area (Å²) in [7, 11) is 0. The highest BCUT2D eigenvalue weighted by atomic mass is 19.4. The highest BCUT2D eigenvalue weighted by molar-refractivity contribution is 6.07. The van der Waals surface area contributed by atoms with Crippen LogP contribution in [0.25, 0.3) is 0 Å². The molecule has 3 amide bonds. The van der Waals surface area contributed by atoms with Crippen LogP contribution >= 0.6 is 0 Å². The van der Waals surface area contributed by atoms with Crippen LogP contribution in [0.1, 0.15) is 35.7 Å². The van der Waals surface area contributed by atoms with E-state index in [4.69, 9.17) is 0 Å². The van der Waals surface area contributed by atoms with E-state index in [0.717, 1.165) is 12.1 Å². The van der Waals surface area contributed by atoms with Gasteiger partial charge in [-0.05, 0) is 49.2 Å². The lowest BCUT2D eigenvalue weighted by molar-refractivity contribution is -0.141. The minimum absolute atomic E-state index is 0.0455. The van der Waals surface area contributed by atoms with Crippen molar-refractivity contribution in [3.8, 4) is 0 Å². The normalized spacial score (nSPS) is 18.3. The summed E-state index contributed by atoms with van der Waals surface area (Å²) in [5.74, 6) is -1.65. The molecule has 8 nitrogen and oxygen atoms in total. The molecule has 1 aromatic carbocycles. The van der Waals surface area contributed by atoms with Gasteiger partial charge in [-0.25, -0.2) is 4.98 Å². The van der Waals surface area contributed by atoms with Gasteiger partial charge in [0.25, 0.3) is 11.8 Å². The number of carbonyl (C=O) groups is 3. The van der Waals surface area contributed by atoms with E-state index in [0.29, 0.717) is 13.0 Å². The predicted octanol–water partition coefficient (Wildman–Crippen LogP) is 2.52. The first-order chi connectivity index (χ1) is 14.7. The lowest BCUT2D eigenvalue weighted by atomic mass is 9.83. The van der Waals surface area contributed by atoms with Gasteiger partial charge < -0.3 is 10.6 Å². The van der Waals surface area contributed by atoms with Gasteiger partial charge in [0.2, 0.25) is 5.91 Å². The number of nitrogens with one attached hydrogen (secondary N) is 4. The molecule has 31 heavy (non-hydrogen) atoms. The molecule has 0 aliphatic carbocycles. The third kappa shape index (κ3) is 4.60. The van der Waals surface area contributed by atoms with Crippen molar-refractivity contribution < 1.29 is 27.6 Å². The molecule has 0 radical (unpaired) electrons. The minimum atomic E-state index is -4.46. The standard InChI is InChI=1S/C20H20F3N5O3/c1-2-19(9-11-25-17(19)30)18(31)28-27-16(29)14-4-3-10-24-15(14)26-13-7-5-12(6-8-13)20(21,22)23/h3-8,10H,2,9,11H2,1H3,(H,24,26)(H,25,30)(H,27,29)(H,28,31). The third-order valence-corrected chi connectivity index (χ3v) is 5.13. The summed E-state index contributed by atoms with van der Waals surface area (Å²) >= 11 is 0. The third-order valence-electron chi connectivity index (χ3n) is 5.13. The first-order valence-corrected chi connectivity index (χ1v) is 9.46. The summed E-state index contributed by atoms with van der Waals surface area (Å²) in [6, 6.07) is 7.16. The first-order valence-electron chi connectivity index (χ1n) is 9.46. The van der Waals surface area contributed by atoms with E-state index < -0.39 is 34.9 Å². The minimum Gasteiger partial charge on any atom is -0.355 e. The number of halogens is 3. The topological polar surface area (TPSA) is 112 Å². The van der Waals surface area contributed by atoms with Crippen molar-refractivity contribution in [2.45, 2.75) is 25.9 Å².